The Morgan fingerprint density at radius 3 is 1.78 bits per heavy atom. The van der Waals surface area contributed by atoms with Crippen molar-refractivity contribution in [3.63, 3.8) is 0 Å². The summed E-state index contributed by atoms with van der Waals surface area (Å²) in [6, 6.07) is 29.5. The van der Waals surface area contributed by atoms with Gasteiger partial charge < -0.3 is 0 Å². The fraction of sp³-hybridized carbons (Fsp3) is 0. The number of rotatable bonds is 0. The van der Waals surface area contributed by atoms with E-state index in [1.54, 1.807) is 11.3 Å². The van der Waals surface area contributed by atoms with Gasteiger partial charge in [0, 0.05) is 0 Å². The van der Waals surface area contributed by atoms with Gasteiger partial charge in [-0.3, -0.25) is 0 Å². The monoisotopic (exact) mass is 313 g/mol. The van der Waals surface area contributed by atoms with E-state index in [1.165, 1.54) is 26.2 Å². The van der Waals surface area contributed by atoms with Crippen molar-refractivity contribution in [2.24, 2.45) is 0 Å². The molecule has 1 nitrogen and oxygen atoms in total. The molecular weight excluding hydrogens is 298 g/mol. The highest BCUT2D eigenvalue weighted by molar-refractivity contribution is 7.16. The Morgan fingerprint density at radius 2 is 1.13 bits per heavy atom. The van der Waals surface area contributed by atoms with Gasteiger partial charge in [-0.05, 0) is 33.7 Å². The van der Waals surface area contributed by atoms with Crippen LogP contribution in [0.3, 0.4) is 0 Å². The summed E-state index contributed by atoms with van der Waals surface area (Å²) in [4.78, 5) is 4.14. The molecule has 0 atom stereocenters. The van der Waals surface area contributed by atoms with Crippen molar-refractivity contribution in [2.75, 3.05) is 0 Å². The molecule has 0 unspecified atom stereocenters. The predicted molar refractivity (Wildman–Crippen MR) is 101 cm³/mol. The largest absolute Gasteiger partial charge is 0.245 e. The van der Waals surface area contributed by atoms with E-state index in [1.807, 2.05) is 23.7 Å². The highest BCUT2D eigenvalue weighted by atomic mass is 32.1. The molecule has 1 aromatic heterocycles. The lowest BCUT2D eigenvalue weighted by molar-refractivity contribution is 1.50. The van der Waals surface area contributed by atoms with E-state index in [4.69, 9.17) is 0 Å². The highest BCUT2D eigenvalue weighted by Gasteiger charge is 1.97. The van der Waals surface area contributed by atoms with Crippen LogP contribution in [0.15, 0.2) is 90.4 Å². The maximum absolute atomic E-state index is 4.14. The second kappa shape index (κ2) is 6.19. The molecule has 1 heterocycles. The Labute approximate surface area is 138 Å². The summed E-state index contributed by atoms with van der Waals surface area (Å²) in [5.74, 6) is 0. The van der Waals surface area contributed by atoms with E-state index in [-0.39, 0.29) is 0 Å². The van der Waals surface area contributed by atoms with Crippen LogP contribution in [0.5, 0.6) is 0 Å². The minimum Gasteiger partial charge on any atom is -0.245 e. The van der Waals surface area contributed by atoms with Crippen molar-refractivity contribution in [1.29, 1.82) is 0 Å². The second-order valence-corrected chi connectivity index (χ2v) is 6.21. The Kier molecular flexibility index (Phi) is 3.75. The number of thiazole rings is 1. The van der Waals surface area contributed by atoms with Crippen molar-refractivity contribution in [3.8, 4) is 0 Å². The first-order valence-corrected chi connectivity index (χ1v) is 8.44. The summed E-state index contributed by atoms with van der Waals surface area (Å²) in [5.41, 5.74) is 2.97. The number of fused-ring (bicyclic) bond motifs is 4. The molecule has 0 saturated heterocycles. The first-order valence-electron chi connectivity index (χ1n) is 7.56. The first-order chi connectivity index (χ1) is 11.4. The molecular formula is C21H15NS. The van der Waals surface area contributed by atoms with Gasteiger partial charge in [-0.15, -0.1) is 11.3 Å². The van der Waals surface area contributed by atoms with E-state index < -0.39 is 0 Å². The fourth-order valence-electron chi connectivity index (χ4n) is 2.76. The van der Waals surface area contributed by atoms with Crippen LogP contribution in [0, 0.1) is 0 Å². The Hall–Kier alpha value is -2.71. The molecule has 0 aliphatic carbocycles. The summed E-state index contributed by atoms with van der Waals surface area (Å²) < 4.78 is 1.26. The van der Waals surface area contributed by atoms with Crippen LogP contribution in [-0.2, 0) is 0 Å². The number of nitrogens with zero attached hydrogens (tertiary/aromatic N) is 1. The van der Waals surface area contributed by atoms with E-state index in [0.29, 0.717) is 0 Å². The molecule has 0 fully saturated rings. The van der Waals surface area contributed by atoms with Gasteiger partial charge in [0.1, 0.15) is 0 Å². The molecule has 0 radical (unpaired) electrons. The summed E-state index contributed by atoms with van der Waals surface area (Å²) >= 11 is 1.68. The molecule has 23 heavy (non-hydrogen) atoms. The summed E-state index contributed by atoms with van der Waals surface area (Å²) in [5, 5.41) is 5.30. The van der Waals surface area contributed by atoms with Crippen molar-refractivity contribution in [1.82, 2.24) is 4.98 Å². The van der Waals surface area contributed by atoms with E-state index >= 15 is 0 Å². The van der Waals surface area contributed by atoms with E-state index in [9.17, 15) is 0 Å². The molecule has 0 spiro atoms. The molecule has 0 N–H and O–H groups in total. The minimum absolute atomic E-state index is 1.10. The van der Waals surface area contributed by atoms with Crippen LogP contribution < -0.4 is 0 Å². The number of para-hydroxylation sites is 1. The van der Waals surface area contributed by atoms with Crippen molar-refractivity contribution >= 4 is 43.1 Å². The third-order valence-electron chi connectivity index (χ3n) is 3.89. The van der Waals surface area contributed by atoms with Crippen LogP contribution in [0.1, 0.15) is 0 Å². The van der Waals surface area contributed by atoms with Crippen LogP contribution in [0.4, 0.5) is 0 Å². The lowest BCUT2D eigenvalue weighted by Crippen LogP contribution is -1.75. The van der Waals surface area contributed by atoms with Crippen molar-refractivity contribution < 1.29 is 0 Å². The maximum atomic E-state index is 4.14. The van der Waals surface area contributed by atoms with Crippen LogP contribution in [0.25, 0.3) is 31.8 Å². The van der Waals surface area contributed by atoms with Gasteiger partial charge in [-0.1, -0.05) is 72.8 Å². The van der Waals surface area contributed by atoms with Crippen molar-refractivity contribution in [3.05, 3.63) is 90.4 Å². The molecule has 0 bridgehead atoms. The number of hydrogen-bond donors (Lipinski definition) is 0. The zero-order chi connectivity index (χ0) is 15.5. The topological polar surface area (TPSA) is 12.9 Å². The van der Waals surface area contributed by atoms with Gasteiger partial charge in [0.15, 0.2) is 0 Å². The Balaban J connectivity index is 0.000000130. The minimum atomic E-state index is 1.10. The molecule has 5 rings (SSSR count). The van der Waals surface area contributed by atoms with Crippen LogP contribution in [-0.4, -0.2) is 4.98 Å². The van der Waals surface area contributed by atoms with Crippen LogP contribution >= 0.6 is 11.3 Å². The van der Waals surface area contributed by atoms with Gasteiger partial charge in [-0.25, -0.2) is 4.98 Å². The van der Waals surface area contributed by atoms with E-state index in [0.717, 1.165) is 5.52 Å². The van der Waals surface area contributed by atoms with Gasteiger partial charge in [0.05, 0.1) is 15.7 Å². The van der Waals surface area contributed by atoms with E-state index in [2.05, 4.69) is 71.7 Å². The third-order valence-corrected chi connectivity index (χ3v) is 4.70. The number of aromatic nitrogens is 1. The maximum Gasteiger partial charge on any atom is 0.0812 e. The number of benzene rings is 4. The lowest BCUT2D eigenvalue weighted by atomic mass is 10.0. The van der Waals surface area contributed by atoms with Crippen LogP contribution in [0.2, 0.25) is 0 Å². The summed E-state index contributed by atoms with van der Waals surface area (Å²) in [7, 11) is 0. The van der Waals surface area contributed by atoms with Gasteiger partial charge in [0.2, 0.25) is 0 Å². The molecule has 110 valence electrons. The first kappa shape index (κ1) is 13.9. The highest BCUT2D eigenvalue weighted by Crippen LogP contribution is 2.24. The molecule has 0 aliphatic heterocycles. The van der Waals surface area contributed by atoms with Gasteiger partial charge in [0.25, 0.3) is 0 Å². The fourth-order valence-corrected chi connectivity index (χ4v) is 3.44. The smallest absolute Gasteiger partial charge is 0.0812 e. The zero-order valence-electron chi connectivity index (χ0n) is 12.5. The summed E-state index contributed by atoms with van der Waals surface area (Å²) in [6.45, 7) is 0. The van der Waals surface area contributed by atoms with Gasteiger partial charge in [-0.2, -0.15) is 0 Å². The average molecular weight is 313 g/mol. The molecule has 0 amide bonds. The summed E-state index contributed by atoms with van der Waals surface area (Å²) in [6.07, 6.45) is 0. The standard InChI is InChI=1S/C14H10.C7H5NS/c1-3-7-13-11(5-1)9-10-12-6-2-4-8-14(12)13;1-2-4-7-6(3-1)8-5-9-7/h1-10H;1-5H. The Bertz CT molecular complexity index is 993. The van der Waals surface area contributed by atoms with Crippen molar-refractivity contribution in [2.45, 2.75) is 0 Å². The third kappa shape index (κ3) is 2.81. The normalized spacial score (nSPS) is 10.6. The van der Waals surface area contributed by atoms with Gasteiger partial charge >= 0.3 is 0 Å². The molecule has 2 heteroatoms. The Morgan fingerprint density at radius 1 is 0.565 bits per heavy atom. The molecule has 5 aromatic rings. The lowest BCUT2D eigenvalue weighted by Gasteiger charge is -2.02. The SMILES string of the molecule is c1ccc2c(c1)ccc1ccccc12.c1ccc2scnc2c1. The zero-order valence-corrected chi connectivity index (χ0v) is 13.3. The number of hydrogen-bond acceptors (Lipinski definition) is 2. The molecule has 0 saturated carbocycles. The average Bonchev–Trinajstić information content (AvgIpc) is 3.11. The molecule has 4 aromatic carbocycles. The molecule has 0 aliphatic rings. The second-order valence-electron chi connectivity index (χ2n) is 5.33. The predicted octanol–water partition coefficient (Wildman–Crippen LogP) is 6.29. The quantitative estimate of drug-likeness (QED) is 0.306.